The van der Waals surface area contributed by atoms with Crippen molar-refractivity contribution in [2.24, 2.45) is 0 Å². The summed E-state index contributed by atoms with van der Waals surface area (Å²) in [7, 11) is -3.34. The van der Waals surface area contributed by atoms with Gasteiger partial charge in [0.1, 0.15) is 0 Å². The van der Waals surface area contributed by atoms with Gasteiger partial charge in [-0.25, -0.2) is 8.42 Å². The van der Waals surface area contributed by atoms with E-state index in [0.717, 1.165) is 6.26 Å². The van der Waals surface area contributed by atoms with Crippen molar-refractivity contribution in [2.75, 3.05) is 6.26 Å². The lowest BCUT2D eigenvalue weighted by Gasteiger charge is -2.12. The molecule has 0 aliphatic rings. The normalized spacial score (nSPS) is 13.2. The third-order valence-corrected chi connectivity index (χ3v) is 5.89. The molecule has 1 unspecified atom stereocenters. The molecule has 0 aromatic heterocycles. The summed E-state index contributed by atoms with van der Waals surface area (Å²) in [5.41, 5.74) is 1.92. The predicted octanol–water partition coefficient (Wildman–Crippen LogP) is 3.91. The number of aliphatic carboxylic acids is 1. The second kappa shape index (κ2) is 9.41. The van der Waals surface area contributed by atoms with Crippen LogP contribution in [0, 0.1) is 0 Å². The Kier molecular flexibility index (Phi) is 7.46. The van der Waals surface area contributed by atoms with Crippen molar-refractivity contribution in [3.05, 3.63) is 70.8 Å². The molecule has 0 aliphatic heterocycles. The van der Waals surface area contributed by atoms with Gasteiger partial charge in [-0.3, -0.25) is 9.59 Å². The number of rotatable bonds is 8. The maximum Gasteiger partial charge on any atom is 0.303 e. The second-order valence-electron chi connectivity index (χ2n) is 6.21. The first kappa shape index (κ1) is 22.2. The summed E-state index contributed by atoms with van der Waals surface area (Å²) in [4.78, 5) is 23.4. The third-order valence-electron chi connectivity index (χ3n) is 4.00. The van der Waals surface area contributed by atoms with Crippen LogP contribution in [0.15, 0.2) is 59.5 Å². The van der Waals surface area contributed by atoms with Crippen LogP contribution in [0.4, 0.5) is 0 Å². The molecule has 0 saturated heterocycles. The van der Waals surface area contributed by atoms with E-state index >= 15 is 0 Å². The van der Waals surface area contributed by atoms with Crippen LogP contribution in [0.5, 0.6) is 0 Å². The van der Waals surface area contributed by atoms with Crippen LogP contribution in [0.1, 0.15) is 24.0 Å². The average Bonchev–Trinajstić information content (AvgIpc) is 2.64. The van der Waals surface area contributed by atoms with E-state index < -0.39 is 21.1 Å². The molecule has 5 nitrogen and oxygen atoms in total. The van der Waals surface area contributed by atoms with E-state index in [1.807, 2.05) is 0 Å². The fourth-order valence-electron chi connectivity index (χ4n) is 2.49. The van der Waals surface area contributed by atoms with Gasteiger partial charge in [-0.15, -0.1) is 0 Å². The van der Waals surface area contributed by atoms with Gasteiger partial charge in [0.2, 0.25) is 0 Å². The van der Waals surface area contributed by atoms with E-state index in [-0.39, 0.29) is 23.5 Å². The minimum atomic E-state index is -3.34. The number of hydrogen-bond acceptors (Lipinski definition) is 5. The molecule has 2 aromatic rings. The third kappa shape index (κ3) is 6.22. The quantitative estimate of drug-likeness (QED) is 0.482. The van der Waals surface area contributed by atoms with E-state index in [0.29, 0.717) is 21.7 Å². The molecular formula is C20H19ClO5S2. The first-order valence-corrected chi connectivity index (χ1v) is 11.1. The summed E-state index contributed by atoms with van der Waals surface area (Å²) in [6.07, 6.45) is 2.47. The molecule has 0 amide bonds. The number of thiol groups is 1. The Morgan fingerprint density at radius 1 is 1.07 bits per heavy atom. The Bertz CT molecular complexity index is 994. The maximum atomic E-state index is 12.5. The molecule has 2 rings (SSSR count). The van der Waals surface area contributed by atoms with Gasteiger partial charge < -0.3 is 5.11 Å². The van der Waals surface area contributed by atoms with Crippen molar-refractivity contribution < 1.29 is 23.1 Å². The summed E-state index contributed by atoms with van der Waals surface area (Å²) >= 11 is 10.2. The number of carbonyl (C=O) groups excluding carboxylic acids is 1. The lowest BCUT2D eigenvalue weighted by molar-refractivity contribution is -0.137. The van der Waals surface area contributed by atoms with Crippen LogP contribution in [0.2, 0.25) is 5.02 Å². The van der Waals surface area contributed by atoms with Crippen molar-refractivity contribution in [3.63, 3.8) is 0 Å². The molecule has 1 N–H and O–H groups in total. The molecular weight excluding hydrogens is 420 g/mol. The zero-order valence-electron chi connectivity index (χ0n) is 15.0. The van der Waals surface area contributed by atoms with Gasteiger partial charge in [0, 0.05) is 17.7 Å². The van der Waals surface area contributed by atoms with Gasteiger partial charge >= 0.3 is 5.97 Å². The van der Waals surface area contributed by atoms with Crippen LogP contribution < -0.4 is 0 Å². The minimum Gasteiger partial charge on any atom is -0.481 e. The topological polar surface area (TPSA) is 88.5 Å². The number of halogens is 1. The molecule has 0 spiro atoms. The van der Waals surface area contributed by atoms with Crippen LogP contribution in [0.3, 0.4) is 0 Å². The molecule has 1 atom stereocenters. The average molecular weight is 439 g/mol. The highest BCUT2D eigenvalue weighted by Gasteiger charge is 2.16. The molecule has 0 aliphatic carbocycles. The molecule has 0 heterocycles. The Morgan fingerprint density at radius 2 is 1.57 bits per heavy atom. The highest BCUT2D eigenvalue weighted by Crippen LogP contribution is 2.27. The van der Waals surface area contributed by atoms with Crippen molar-refractivity contribution in [3.8, 4) is 0 Å². The van der Waals surface area contributed by atoms with Crippen molar-refractivity contribution in [1.82, 2.24) is 0 Å². The van der Waals surface area contributed by atoms with Gasteiger partial charge in [0.25, 0.3) is 0 Å². The van der Waals surface area contributed by atoms with Crippen LogP contribution in [-0.2, 0) is 19.4 Å². The first-order valence-electron chi connectivity index (χ1n) is 8.30. The van der Waals surface area contributed by atoms with Gasteiger partial charge in [0.05, 0.1) is 10.1 Å². The number of benzene rings is 2. The zero-order chi connectivity index (χ0) is 20.9. The van der Waals surface area contributed by atoms with Crippen molar-refractivity contribution >= 4 is 51.4 Å². The molecule has 0 fully saturated rings. The second-order valence-corrected chi connectivity index (χ2v) is 9.29. The van der Waals surface area contributed by atoms with Gasteiger partial charge in [-0.05, 0) is 53.5 Å². The number of hydrogen-bond donors (Lipinski definition) is 2. The molecule has 2 aromatic carbocycles. The standard InChI is InChI=1S/C20H19ClO5S2/c1-28(25,26)16-8-4-14(5-9-16)17(13-2-6-15(21)7-3-13)12-18(22)19(27)10-11-20(23)24/h2-9,12,19,27H,10-11H2,1H3,(H,23,24)/b17-12-. The van der Waals surface area contributed by atoms with Crippen LogP contribution in [0.25, 0.3) is 5.57 Å². The van der Waals surface area contributed by atoms with Gasteiger partial charge in [-0.1, -0.05) is 35.9 Å². The van der Waals surface area contributed by atoms with Crippen molar-refractivity contribution in [2.45, 2.75) is 23.0 Å². The highest BCUT2D eigenvalue weighted by atomic mass is 35.5. The largest absolute Gasteiger partial charge is 0.481 e. The Hall–Kier alpha value is -2.09. The molecule has 0 saturated carbocycles. The number of carboxylic acid groups (broad SMARTS) is 1. The van der Waals surface area contributed by atoms with E-state index in [1.54, 1.807) is 36.4 Å². The molecule has 0 bridgehead atoms. The highest BCUT2D eigenvalue weighted by molar-refractivity contribution is 7.90. The molecule has 148 valence electrons. The lowest BCUT2D eigenvalue weighted by Crippen LogP contribution is -2.14. The van der Waals surface area contributed by atoms with Crippen LogP contribution in [-0.4, -0.2) is 36.8 Å². The number of ketones is 1. The molecule has 8 heteroatoms. The Labute approximate surface area is 174 Å². The van der Waals surface area contributed by atoms with Crippen molar-refractivity contribution in [1.29, 1.82) is 0 Å². The monoisotopic (exact) mass is 438 g/mol. The minimum absolute atomic E-state index is 0.106. The SMILES string of the molecule is CS(=O)(=O)c1ccc(/C(=C\C(=O)C(S)CCC(=O)O)c2ccc(Cl)cc2)cc1. The number of carbonyl (C=O) groups is 2. The summed E-state index contributed by atoms with van der Waals surface area (Å²) in [6.45, 7) is 0. The number of allylic oxidation sites excluding steroid dienone is 1. The van der Waals surface area contributed by atoms with Crippen LogP contribution >= 0.6 is 24.2 Å². The maximum absolute atomic E-state index is 12.5. The van der Waals surface area contributed by atoms with E-state index in [2.05, 4.69) is 12.6 Å². The fraction of sp³-hybridized carbons (Fsp3) is 0.200. The first-order chi connectivity index (χ1) is 13.1. The smallest absolute Gasteiger partial charge is 0.303 e. The number of carboxylic acids is 1. The fourth-order valence-corrected chi connectivity index (χ4v) is 3.45. The summed E-state index contributed by atoms with van der Waals surface area (Å²) in [5, 5.41) is 8.56. The Morgan fingerprint density at radius 3 is 2.04 bits per heavy atom. The molecule has 28 heavy (non-hydrogen) atoms. The molecule has 0 radical (unpaired) electrons. The van der Waals surface area contributed by atoms with E-state index in [9.17, 15) is 18.0 Å². The lowest BCUT2D eigenvalue weighted by atomic mass is 9.96. The van der Waals surface area contributed by atoms with E-state index in [4.69, 9.17) is 16.7 Å². The van der Waals surface area contributed by atoms with Gasteiger partial charge in [-0.2, -0.15) is 12.6 Å². The summed E-state index contributed by atoms with van der Waals surface area (Å²) in [5.74, 6) is -1.33. The summed E-state index contributed by atoms with van der Waals surface area (Å²) < 4.78 is 23.3. The predicted molar refractivity (Wildman–Crippen MR) is 113 cm³/mol. The summed E-state index contributed by atoms with van der Waals surface area (Å²) in [6, 6.07) is 13.0. The Balaban J connectivity index is 2.44. The van der Waals surface area contributed by atoms with Gasteiger partial charge in [0.15, 0.2) is 15.6 Å². The number of sulfone groups is 1. The van der Waals surface area contributed by atoms with E-state index in [1.165, 1.54) is 18.2 Å². The zero-order valence-corrected chi connectivity index (χ0v) is 17.5.